The highest BCUT2D eigenvalue weighted by atomic mass is 32.1. The standard InChI is InChI=1S/C27H22N2O4S2/c1-3-33-26(31)22-23(17-10-5-4-6-11-17)28-27-29(24(22)20-14-9-15-34-20)25(30)21(35-27)16-18-12-7-8-13-19(18)32-2/h4-16,24H,3H2,1-2H3/b21-16+. The molecule has 0 amide bonds. The van der Waals surface area contributed by atoms with Crippen LogP contribution in [0.4, 0.5) is 0 Å². The van der Waals surface area contributed by atoms with Crippen molar-refractivity contribution in [2.75, 3.05) is 13.7 Å². The first kappa shape index (κ1) is 23.0. The molecule has 35 heavy (non-hydrogen) atoms. The molecule has 0 aliphatic carbocycles. The van der Waals surface area contributed by atoms with Gasteiger partial charge in [0.05, 0.1) is 29.5 Å². The summed E-state index contributed by atoms with van der Waals surface area (Å²) in [5.41, 5.74) is 2.25. The number of ether oxygens (including phenoxy) is 2. The number of para-hydroxylation sites is 1. The maximum Gasteiger partial charge on any atom is 0.338 e. The molecule has 0 spiro atoms. The van der Waals surface area contributed by atoms with Gasteiger partial charge in [0.1, 0.15) is 11.8 Å². The Morgan fingerprint density at radius 2 is 1.86 bits per heavy atom. The predicted octanol–water partition coefficient (Wildman–Crippen LogP) is 4.01. The second-order valence-corrected chi connectivity index (χ2v) is 9.68. The van der Waals surface area contributed by atoms with Crippen LogP contribution in [0.15, 0.2) is 87.5 Å². The molecule has 0 N–H and O–H groups in total. The van der Waals surface area contributed by atoms with Gasteiger partial charge in [0.25, 0.3) is 5.56 Å². The Morgan fingerprint density at radius 1 is 1.09 bits per heavy atom. The molecule has 0 saturated carbocycles. The summed E-state index contributed by atoms with van der Waals surface area (Å²) in [5, 5.41) is 1.94. The van der Waals surface area contributed by atoms with E-state index in [9.17, 15) is 9.59 Å². The number of hydrogen-bond acceptors (Lipinski definition) is 7. The van der Waals surface area contributed by atoms with Crippen molar-refractivity contribution in [3.05, 3.63) is 113 Å². The molecule has 2 aromatic heterocycles. The minimum absolute atomic E-state index is 0.216. The molecule has 3 heterocycles. The fourth-order valence-electron chi connectivity index (χ4n) is 4.08. The number of hydrogen-bond donors (Lipinski definition) is 0. The largest absolute Gasteiger partial charge is 0.496 e. The van der Waals surface area contributed by atoms with Gasteiger partial charge in [-0.1, -0.05) is 65.9 Å². The average molecular weight is 503 g/mol. The average Bonchev–Trinajstić information content (AvgIpc) is 3.52. The van der Waals surface area contributed by atoms with Gasteiger partial charge < -0.3 is 9.47 Å². The molecule has 8 heteroatoms. The monoisotopic (exact) mass is 502 g/mol. The molecule has 0 fully saturated rings. The molecule has 6 nitrogen and oxygen atoms in total. The fraction of sp³-hybridized carbons (Fsp3) is 0.148. The van der Waals surface area contributed by atoms with Crippen molar-refractivity contribution in [1.82, 2.24) is 4.57 Å². The Balaban J connectivity index is 1.82. The third-order valence-corrected chi connectivity index (χ3v) is 7.52. The van der Waals surface area contributed by atoms with Crippen LogP contribution in [0, 0.1) is 0 Å². The highest BCUT2D eigenvalue weighted by molar-refractivity contribution is 7.10. The number of nitrogens with zero attached hydrogens (tertiary/aromatic N) is 2. The molecule has 0 saturated heterocycles. The number of esters is 1. The Hall–Kier alpha value is -3.75. The normalized spacial score (nSPS) is 15.5. The zero-order chi connectivity index (χ0) is 24.4. The second kappa shape index (κ2) is 9.85. The van der Waals surface area contributed by atoms with E-state index in [0.29, 0.717) is 26.4 Å². The Kier molecular flexibility index (Phi) is 6.48. The van der Waals surface area contributed by atoms with Gasteiger partial charge in [-0.15, -0.1) is 11.3 Å². The van der Waals surface area contributed by atoms with Gasteiger partial charge in [0, 0.05) is 16.0 Å². The maximum atomic E-state index is 13.8. The summed E-state index contributed by atoms with van der Waals surface area (Å²) in [6, 6.07) is 20.3. The van der Waals surface area contributed by atoms with E-state index in [0.717, 1.165) is 16.0 Å². The van der Waals surface area contributed by atoms with Gasteiger partial charge in [-0.3, -0.25) is 9.36 Å². The van der Waals surface area contributed by atoms with E-state index < -0.39 is 12.0 Å². The van der Waals surface area contributed by atoms with Crippen LogP contribution in [0.2, 0.25) is 0 Å². The van der Waals surface area contributed by atoms with E-state index in [-0.39, 0.29) is 12.2 Å². The summed E-state index contributed by atoms with van der Waals surface area (Å²) in [7, 11) is 1.60. The van der Waals surface area contributed by atoms with Crippen molar-refractivity contribution in [1.29, 1.82) is 0 Å². The lowest BCUT2D eigenvalue weighted by molar-refractivity contribution is -0.138. The van der Waals surface area contributed by atoms with Gasteiger partial charge in [-0.05, 0) is 30.5 Å². The first-order valence-electron chi connectivity index (χ1n) is 11.1. The van der Waals surface area contributed by atoms with Crippen LogP contribution in [0.3, 0.4) is 0 Å². The number of fused-ring (bicyclic) bond motifs is 1. The lowest BCUT2D eigenvalue weighted by Crippen LogP contribution is -2.39. The number of thiazole rings is 1. The molecule has 2 aromatic carbocycles. The summed E-state index contributed by atoms with van der Waals surface area (Å²) in [6.45, 7) is 1.99. The highest BCUT2D eigenvalue weighted by Crippen LogP contribution is 2.36. The second-order valence-electron chi connectivity index (χ2n) is 7.69. The SMILES string of the molecule is CCOC(=O)C1=C(c2ccccc2)N=c2s/c(=C/c3ccccc3OC)c(=O)n2C1c1cccs1. The van der Waals surface area contributed by atoms with Gasteiger partial charge in [0.2, 0.25) is 0 Å². The number of aromatic nitrogens is 1. The molecule has 1 aliphatic rings. The lowest BCUT2D eigenvalue weighted by Gasteiger charge is -2.24. The van der Waals surface area contributed by atoms with Crippen LogP contribution in [0.25, 0.3) is 11.8 Å². The summed E-state index contributed by atoms with van der Waals surface area (Å²) in [4.78, 5) is 33.3. The van der Waals surface area contributed by atoms with Crippen LogP contribution in [-0.4, -0.2) is 24.3 Å². The zero-order valence-corrected chi connectivity index (χ0v) is 20.8. The van der Waals surface area contributed by atoms with Crippen molar-refractivity contribution < 1.29 is 14.3 Å². The molecule has 0 bridgehead atoms. The quantitative estimate of drug-likeness (QED) is 0.374. The van der Waals surface area contributed by atoms with E-state index in [4.69, 9.17) is 14.5 Å². The van der Waals surface area contributed by atoms with Crippen LogP contribution in [0.5, 0.6) is 5.75 Å². The Bertz CT molecular complexity index is 1580. The highest BCUT2D eigenvalue weighted by Gasteiger charge is 2.35. The molecule has 5 rings (SSSR count). The molecule has 1 aliphatic heterocycles. The summed E-state index contributed by atoms with van der Waals surface area (Å²) in [6.07, 6.45) is 1.81. The topological polar surface area (TPSA) is 69.9 Å². The molecular weight excluding hydrogens is 480 g/mol. The predicted molar refractivity (Wildman–Crippen MR) is 138 cm³/mol. The number of carbonyl (C=O) groups excluding carboxylic acids is 1. The van der Waals surface area contributed by atoms with Gasteiger partial charge in [-0.2, -0.15) is 0 Å². The van der Waals surface area contributed by atoms with E-state index in [1.165, 1.54) is 22.7 Å². The summed E-state index contributed by atoms with van der Waals surface area (Å²) in [5.74, 6) is 0.192. The molecule has 4 aromatic rings. The number of thiophene rings is 1. The Morgan fingerprint density at radius 3 is 2.57 bits per heavy atom. The van der Waals surface area contributed by atoms with E-state index in [1.54, 1.807) is 18.6 Å². The van der Waals surface area contributed by atoms with Crippen LogP contribution in [-0.2, 0) is 9.53 Å². The van der Waals surface area contributed by atoms with Crippen molar-refractivity contribution in [2.24, 2.45) is 4.99 Å². The lowest BCUT2D eigenvalue weighted by atomic mass is 9.97. The van der Waals surface area contributed by atoms with Gasteiger partial charge in [0.15, 0.2) is 4.80 Å². The minimum Gasteiger partial charge on any atom is -0.496 e. The van der Waals surface area contributed by atoms with Crippen LogP contribution >= 0.6 is 22.7 Å². The maximum absolute atomic E-state index is 13.8. The number of benzene rings is 2. The molecule has 1 atom stereocenters. The van der Waals surface area contributed by atoms with Crippen LogP contribution < -0.4 is 19.6 Å². The van der Waals surface area contributed by atoms with E-state index in [2.05, 4.69) is 0 Å². The molecule has 1 unspecified atom stereocenters. The van der Waals surface area contributed by atoms with E-state index >= 15 is 0 Å². The number of carbonyl (C=O) groups is 1. The van der Waals surface area contributed by atoms with Crippen molar-refractivity contribution in [3.8, 4) is 5.75 Å². The molecule has 176 valence electrons. The van der Waals surface area contributed by atoms with Crippen molar-refractivity contribution in [2.45, 2.75) is 13.0 Å². The third-order valence-electron chi connectivity index (χ3n) is 5.61. The van der Waals surface area contributed by atoms with E-state index in [1.807, 2.05) is 78.2 Å². The summed E-state index contributed by atoms with van der Waals surface area (Å²) >= 11 is 2.78. The van der Waals surface area contributed by atoms with Gasteiger partial charge in [-0.25, -0.2) is 9.79 Å². The first-order chi connectivity index (χ1) is 17.1. The molecule has 0 radical (unpaired) electrons. The molecular formula is C27H22N2O4S2. The zero-order valence-electron chi connectivity index (χ0n) is 19.1. The smallest absolute Gasteiger partial charge is 0.338 e. The summed E-state index contributed by atoms with van der Waals surface area (Å²) < 4.78 is 13.0. The fourth-order valence-corrected chi connectivity index (χ4v) is 5.90. The van der Waals surface area contributed by atoms with Crippen LogP contribution in [0.1, 0.15) is 29.0 Å². The van der Waals surface area contributed by atoms with Crippen molar-refractivity contribution >= 4 is 40.4 Å². The number of rotatable bonds is 6. The Labute approximate surface area is 209 Å². The third kappa shape index (κ3) is 4.26. The first-order valence-corrected chi connectivity index (χ1v) is 12.8. The number of methoxy groups -OCH3 is 1. The van der Waals surface area contributed by atoms with Gasteiger partial charge >= 0.3 is 5.97 Å². The minimum atomic E-state index is -0.639. The van der Waals surface area contributed by atoms with Crippen molar-refractivity contribution in [3.63, 3.8) is 0 Å².